The maximum absolute atomic E-state index is 12.6. The molecule has 0 saturated carbocycles. The van der Waals surface area contributed by atoms with Gasteiger partial charge >= 0.3 is 0 Å². The summed E-state index contributed by atoms with van der Waals surface area (Å²) in [7, 11) is 0. The van der Waals surface area contributed by atoms with Gasteiger partial charge in [-0.05, 0) is 92.9 Å². The minimum atomic E-state index is -0.260. The van der Waals surface area contributed by atoms with Crippen molar-refractivity contribution in [3.63, 3.8) is 0 Å². The maximum atomic E-state index is 12.6. The van der Waals surface area contributed by atoms with Crippen LogP contribution in [0.2, 0.25) is 10.0 Å². The number of hydrogen-bond donors (Lipinski definition) is 0. The number of rotatable bonds is 6. The first-order valence-electron chi connectivity index (χ1n) is 9.04. The van der Waals surface area contributed by atoms with Gasteiger partial charge < -0.3 is 4.74 Å². The molecule has 4 nitrogen and oxygen atoms in total. The fraction of sp³-hybridized carbons (Fsp3) is 0.238. The van der Waals surface area contributed by atoms with Gasteiger partial charge in [-0.25, -0.2) is 0 Å². The van der Waals surface area contributed by atoms with Crippen LogP contribution >= 0.6 is 66.8 Å². The Bertz CT molecular complexity index is 1020. The van der Waals surface area contributed by atoms with E-state index in [0.29, 0.717) is 36.1 Å². The smallest absolute Gasteiger partial charge is 0.293 e. The Labute approximate surface area is 206 Å². The average Bonchev–Trinajstić information content (AvgIpc) is 2.95. The van der Waals surface area contributed by atoms with E-state index in [9.17, 15) is 9.59 Å². The Morgan fingerprint density at radius 3 is 2.43 bits per heavy atom. The fourth-order valence-corrected chi connectivity index (χ4v) is 5.63. The first-order chi connectivity index (χ1) is 14.2. The molecule has 0 aliphatic carbocycles. The average molecular weight is 594 g/mol. The Hall–Kier alpha value is -0.990. The lowest BCUT2D eigenvalue weighted by Crippen LogP contribution is -2.36. The van der Waals surface area contributed by atoms with Crippen LogP contribution in [0.4, 0.5) is 4.79 Å². The molecule has 9 heteroatoms. The highest BCUT2D eigenvalue weighted by Gasteiger charge is 2.37. The van der Waals surface area contributed by atoms with E-state index in [1.54, 1.807) is 18.2 Å². The number of imide groups is 1. The number of hydrogen-bond acceptors (Lipinski definition) is 4. The quantitative estimate of drug-likeness (QED) is 0.319. The zero-order valence-corrected chi connectivity index (χ0v) is 21.5. The third-order valence-corrected chi connectivity index (χ3v) is 7.21. The number of thioether (sulfide) groups is 1. The van der Waals surface area contributed by atoms with Crippen LogP contribution in [0.15, 0.2) is 44.2 Å². The Balaban J connectivity index is 1.80. The molecular formula is C21H17Br2Cl2NO3S. The van der Waals surface area contributed by atoms with E-state index in [1.165, 1.54) is 4.90 Å². The van der Waals surface area contributed by atoms with E-state index in [0.717, 1.165) is 22.9 Å². The molecule has 0 bridgehead atoms. The lowest BCUT2D eigenvalue weighted by Gasteiger charge is -2.19. The van der Waals surface area contributed by atoms with Crippen molar-refractivity contribution in [3.8, 4) is 5.75 Å². The number of amides is 2. The third-order valence-electron chi connectivity index (χ3n) is 4.56. The summed E-state index contributed by atoms with van der Waals surface area (Å²) in [5.41, 5.74) is 1.57. The molecule has 0 N–H and O–H groups in total. The van der Waals surface area contributed by atoms with Gasteiger partial charge in [-0.2, -0.15) is 0 Å². The standard InChI is InChI=1S/C21H17Br2Cl2NO3S/c1-3-11(2)26-20(27)18(30-21(26)28)8-12-6-15(22)19(16(23)7-12)29-10-13-4-5-14(24)9-17(13)25/h4-9,11H,3,10H2,1-2H3/b18-8+/t11-/m1/s1. The maximum Gasteiger partial charge on any atom is 0.293 e. The summed E-state index contributed by atoms with van der Waals surface area (Å²) in [6.45, 7) is 4.08. The van der Waals surface area contributed by atoms with Gasteiger partial charge in [0.15, 0.2) is 0 Å². The molecule has 0 unspecified atom stereocenters. The van der Waals surface area contributed by atoms with E-state index < -0.39 is 0 Å². The predicted molar refractivity (Wildman–Crippen MR) is 130 cm³/mol. The molecule has 3 rings (SSSR count). The SMILES string of the molecule is CC[C@@H](C)N1C(=O)S/C(=C/c2cc(Br)c(OCc3ccc(Cl)cc3Cl)c(Br)c2)C1=O. The molecule has 1 saturated heterocycles. The highest BCUT2D eigenvalue weighted by Crippen LogP contribution is 2.39. The van der Waals surface area contributed by atoms with Crippen LogP contribution in [-0.2, 0) is 11.4 Å². The minimum Gasteiger partial charge on any atom is -0.486 e. The second-order valence-corrected chi connectivity index (χ2v) is 10.2. The van der Waals surface area contributed by atoms with Crippen molar-refractivity contribution in [1.29, 1.82) is 0 Å². The lowest BCUT2D eigenvalue weighted by atomic mass is 10.2. The van der Waals surface area contributed by atoms with Gasteiger partial charge in [0, 0.05) is 21.7 Å². The molecule has 2 aromatic carbocycles. The molecule has 158 valence electrons. The zero-order valence-electron chi connectivity index (χ0n) is 16.0. The van der Waals surface area contributed by atoms with Gasteiger partial charge in [0.2, 0.25) is 0 Å². The first-order valence-corrected chi connectivity index (χ1v) is 12.2. The summed E-state index contributed by atoms with van der Waals surface area (Å²) >= 11 is 20.1. The van der Waals surface area contributed by atoms with Crippen molar-refractivity contribution >= 4 is 84.0 Å². The molecule has 1 fully saturated rings. The van der Waals surface area contributed by atoms with Gasteiger partial charge in [0.1, 0.15) is 12.4 Å². The number of carbonyl (C=O) groups is 2. The van der Waals surface area contributed by atoms with Crippen molar-refractivity contribution < 1.29 is 14.3 Å². The van der Waals surface area contributed by atoms with Gasteiger partial charge in [-0.1, -0.05) is 36.2 Å². The Morgan fingerprint density at radius 1 is 1.17 bits per heavy atom. The van der Waals surface area contributed by atoms with Crippen molar-refractivity contribution in [1.82, 2.24) is 4.90 Å². The van der Waals surface area contributed by atoms with Gasteiger partial charge in [-0.3, -0.25) is 14.5 Å². The number of halogens is 4. The highest BCUT2D eigenvalue weighted by molar-refractivity contribution is 9.11. The van der Waals surface area contributed by atoms with Crippen LogP contribution in [0.5, 0.6) is 5.75 Å². The molecule has 1 aliphatic rings. The van der Waals surface area contributed by atoms with Crippen LogP contribution in [0, 0.1) is 0 Å². The molecule has 1 heterocycles. The molecule has 1 atom stereocenters. The lowest BCUT2D eigenvalue weighted by molar-refractivity contribution is -0.124. The number of nitrogens with zero attached hydrogens (tertiary/aromatic N) is 1. The topological polar surface area (TPSA) is 46.6 Å². The van der Waals surface area contributed by atoms with Crippen LogP contribution in [-0.4, -0.2) is 22.1 Å². The second kappa shape index (κ2) is 10.1. The van der Waals surface area contributed by atoms with Crippen molar-refractivity contribution in [2.24, 2.45) is 0 Å². The van der Waals surface area contributed by atoms with E-state index in [4.69, 9.17) is 27.9 Å². The summed E-state index contributed by atoms with van der Waals surface area (Å²) in [6.07, 6.45) is 2.43. The molecule has 30 heavy (non-hydrogen) atoms. The van der Waals surface area contributed by atoms with Gasteiger partial charge in [0.05, 0.1) is 13.9 Å². The summed E-state index contributed by atoms with van der Waals surface area (Å²) in [4.78, 5) is 26.5. The van der Waals surface area contributed by atoms with Crippen molar-refractivity contribution in [2.45, 2.75) is 32.9 Å². The first kappa shape index (κ1) is 23.7. The van der Waals surface area contributed by atoms with Crippen LogP contribution < -0.4 is 4.74 Å². The molecule has 2 aromatic rings. The van der Waals surface area contributed by atoms with Crippen LogP contribution in [0.25, 0.3) is 6.08 Å². The Kier molecular flexibility index (Phi) is 7.96. The largest absolute Gasteiger partial charge is 0.486 e. The van der Waals surface area contributed by atoms with Crippen molar-refractivity contribution in [2.75, 3.05) is 0 Å². The minimum absolute atomic E-state index is 0.127. The molecule has 0 spiro atoms. The predicted octanol–water partition coefficient (Wildman–Crippen LogP) is 7.93. The Morgan fingerprint density at radius 2 is 1.83 bits per heavy atom. The normalized spacial score (nSPS) is 16.5. The number of carbonyl (C=O) groups excluding carboxylic acids is 2. The fourth-order valence-electron chi connectivity index (χ4n) is 2.78. The van der Waals surface area contributed by atoms with Gasteiger partial charge in [0.25, 0.3) is 11.1 Å². The number of ether oxygens (including phenoxy) is 1. The van der Waals surface area contributed by atoms with Gasteiger partial charge in [-0.15, -0.1) is 0 Å². The molecule has 0 aromatic heterocycles. The van der Waals surface area contributed by atoms with Crippen molar-refractivity contribution in [3.05, 3.63) is 65.4 Å². The molecule has 2 amide bonds. The summed E-state index contributed by atoms with van der Waals surface area (Å²) in [5.74, 6) is 0.343. The van der Waals surface area contributed by atoms with Crippen LogP contribution in [0.3, 0.4) is 0 Å². The summed E-state index contributed by atoms with van der Waals surface area (Å²) < 4.78 is 7.33. The van der Waals surface area contributed by atoms with E-state index in [1.807, 2.05) is 32.0 Å². The zero-order chi connectivity index (χ0) is 22.0. The van der Waals surface area contributed by atoms with E-state index >= 15 is 0 Å². The summed E-state index contributed by atoms with van der Waals surface area (Å²) in [5, 5.41) is 0.857. The molecule has 0 radical (unpaired) electrons. The van der Waals surface area contributed by atoms with E-state index in [2.05, 4.69) is 31.9 Å². The highest BCUT2D eigenvalue weighted by atomic mass is 79.9. The molecule has 1 aliphatic heterocycles. The molecular weight excluding hydrogens is 577 g/mol. The van der Waals surface area contributed by atoms with Crippen LogP contribution in [0.1, 0.15) is 31.4 Å². The second-order valence-electron chi connectivity index (χ2n) is 6.65. The monoisotopic (exact) mass is 591 g/mol. The number of benzene rings is 2. The van der Waals surface area contributed by atoms with E-state index in [-0.39, 0.29) is 23.8 Å². The third kappa shape index (κ3) is 5.25. The summed E-state index contributed by atoms with van der Waals surface area (Å²) in [6, 6.07) is 8.78.